The molecule has 0 atom stereocenters. The van der Waals surface area contributed by atoms with Crippen LogP contribution in [0, 0.1) is 5.82 Å². The van der Waals surface area contributed by atoms with Crippen LogP contribution in [0.3, 0.4) is 0 Å². The van der Waals surface area contributed by atoms with Crippen LogP contribution < -0.4 is 16.1 Å². The number of amides is 2. The molecule has 0 bridgehead atoms. The Morgan fingerprint density at radius 3 is 2.71 bits per heavy atom. The number of hydrogen-bond donors (Lipinski definition) is 3. The van der Waals surface area contributed by atoms with Crippen LogP contribution in [0.25, 0.3) is 0 Å². The molecule has 0 aliphatic rings. The van der Waals surface area contributed by atoms with Gasteiger partial charge in [-0.2, -0.15) is 5.48 Å². The van der Waals surface area contributed by atoms with Crippen molar-refractivity contribution in [1.82, 2.24) is 15.6 Å². The molecule has 2 aromatic carbocycles. The molecule has 2 amide bonds. The number of aromatic nitrogens is 2. The van der Waals surface area contributed by atoms with E-state index in [0.717, 1.165) is 5.56 Å². The van der Waals surface area contributed by atoms with E-state index in [-0.39, 0.29) is 21.9 Å². The van der Waals surface area contributed by atoms with Crippen LogP contribution in [-0.4, -0.2) is 28.3 Å². The number of oxime groups is 1. The Morgan fingerprint density at radius 2 is 2.00 bits per heavy atom. The number of halogens is 2. The highest BCUT2D eigenvalue weighted by Crippen LogP contribution is 2.20. The molecule has 1 aromatic heterocycles. The highest BCUT2D eigenvalue weighted by molar-refractivity contribution is 9.10. The van der Waals surface area contributed by atoms with Gasteiger partial charge in [0.2, 0.25) is 11.7 Å². The number of anilines is 2. The molecule has 0 spiro atoms. The predicted molar refractivity (Wildman–Crippen MR) is 113 cm³/mol. The zero-order valence-electron chi connectivity index (χ0n) is 16.1. The normalized spacial score (nSPS) is 10.7. The maximum Gasteiger partial charge on any atom is 0.256 e. The molecule has 0 radical (unpaired) electrons. The fraction of sp³-hybridized carbons (Fsp3) is 0.105. The van der Waals surface area contributed by atoms with Crippen molar-refractivity contribution < 1.29 is 23.5 Å². The Kier molecular flexibility index (Phi) is 7.27. The van der Waals surface area contributed by atoms with Gasteiger partial charge < -0.3 is 10.6 Å². The summed E-state index contributed by atoms with van der Waals surface area (Å²) in [6.45, 7) is 1.80. The van der Waals surface area contributed by atoms with E-state index < -0.39 is 11.7 Å². The summed E-state index contributed by atoms with van der Waals surface area (Å²) in [6.07, 6.45) is 1.17. The van der Waals surface area contributed by atoms with Crippen LogP contribution in [-0.2, 0) is 16.3 Å². The molecule has 0 aliphatic carbocycles. The topological polar surface area (TPSA) is 131 Å². The van der Waals surface area contributed by atoms with E-state index in [2.05, 4.69) is 52.1 Å². The maximum absolute atomic E-state index is 13.2. The zero-order chi connectivity index (χ0) is 22.2. The first-order valence-electron chi connectivity index (χ1n) is 8.80. The van der Waals surface area contributed by atoms with Gasteiger partial charge >= 0.3 is 0 Å². The van der Waals surface area contributed by atoms with E-state index in [9.17, 15) is 14.0 Å². The molecule has 3 aromatic rings. The molecule has 160 valence electrons. The van der Waals surface area contributed by atoms with Crippen molar-refractivity contribution in [2.24, 2.45) is 5.16 Å². The molecular weight excluding hydrogens is 475 g/mol. The molecule has 3 N–H and O–H groups in total. The van der Waals surface area contributed by atoms with Crippen molar-refractivity contribution in [3.63, 3.8) is 0 Å². The van der Waals surface area contributed by atoms with E-state index >= 15 is 0 Å². The SMILES string of the molecule is CC(=O)NCc1ccc(C(=O)Nc2nonc2/C=N/ONc2ccc(F)c(Br)c2)cc1. The summed E-state index contributed by atoms with van der Waals surface area (Å²) >= 11 is 3.06. The van der Waals surface area contributed by atoms with Gasteiger partial charge in [-0.25, -0.2) is 9.02 Å². The quantitative estimate of drug-likeness (QED) is 0.326. The first-order chi connectivity index (χ1) is 14.9. The minimum Gasteiger partial charge on any atom is -0.352 e. The van der Waals surface area contributed by atoms with Gasteiger partial charge in [0.15, 0.2) is 5.69 Å². The summed E-state index contributed by atoms with van der Waals surface area (Å²) in [6, 6.07) is 10.9. The lowest BCUT2D eigenvalue weighted by atomic mass is 10.1. The van der Waals surface area contributed by atoms with E-state index in [1.807, 2.05) is 0 Å². The highest BCUT2D eigenvalue weighted by Gasteiger charge is 2.13. The number of rotatable bonds is 8. The van der Waals surface area contributed by atoms with Gasteiger partial charge in [0.1, 0.15) is 12.0 Å². The van der Waals surface area contributed by atoms with Crippen molar-refractivity contribution in [2.45, 2.75) is 13.5 Å². The molecule has 0 fully saturated rings. The predicted octanol–water partition coefficient (Wildman–Crippen LogP) is 3.24. The molecular formula is C19H16BrFN6O4. The number of carbonyl (C=O) groups excluding carboxylic acids is 2. The summed E-state index contributed by atoms with van der Waals surface area (Å²) < 4.78 is 18.1. The Bertz CT molecular complexity index is 1100. The fourth-order valence-electron chi connectivity index (χ4n) is 2.26. The Balaban J connectivity index is 1.55. The van der Waals surface area contributed by atoms with Gasteiger partial charge in [-0.05, 0) is 62.1 Å². The first-order valence-corrected chi connectivity index (χ1v) is 9.59. The zero-order valence-corrected chi connectivity index (χ0v) is 17.6. The van der Waals surface area contributed by atoms with Crippen LogP contribution in [0.2, 0.25) is 0 Å². The lowest BCUT2D eigenvalue weighted by Crippen LogP contribution is -2.19. The number of nitrogens with one attached hydrogen (secondary N) is 3. The van der Waals surface area contributed by atoms with Crippen LogP contribution in [0.1, 0.15) is 28.5 Å². The molecule has 0 saturated carbocycles. The maximum atomic E-state index is 13.2. The van der Waals surface area contributed by atoms with Gasteiger partial charge in [-0.1, -0.05) is 17.3 Å². The van der Waals surface area contributed by atoms with Crippen LogP contribution >= 0.6 is 15.9 Å². The monoisotopic (exact) mass is 490 g/mol. The number of nitrogens with zero attached hydrogens (tertiary/aromatic N) is 3. The molecule has 0 unspecified atom stereocenters. The van der Waals surface area contributed by atoms with Crippen molar-refractivity contribution in [2.75, 3.05) is 10.8 Å². The van der Waals surface area contributed by atoms with Gasteiger partial charge in [0.25, 0.3) is 5.91 Å². The number of carbonyl (C=O) groups is 2. The summed E-state index contributed by atoms with van der Waals surface area (Å²) in [5, 5.41) is 16.1. The molecule has 0 saturated heterocycles. The van der Waals surface area contributed by atoms with E-state index in [1.54, 1.807) is 24.3 Å². The molecule has 3 rings (SSSR count). The largest absolute Gasteiger partial charge is 0.352 e. The second-order valence-electron chi connectivity index (χ2n) is 6.12. The van der Waals surface area contributed by atoms with E-state index in [4.69, 9.17) is 4.94 Å². The van der Waals surface area contributed by atoms with Gasteiger partial charge in [0.05, 0.1) is 10.2 Å². The Labute approximate surface area is 183 Å². The molecule has 31 heavy (non-hydrogen) atoms. The second kappa shape index (κ2) is 10.3. The van der Waals surface area contributed by atoms with Crippen molar-refractivity contribution in [3.8, 4) is 0 Å². The summed E-state index contributed by atoms with van der Waals surface area (Å²) in [5.41, 5.74) is 4.30. The van der Waals surface area contributed by atoms with Crippen LogP contribution in [0.4, 0.5) is 15.9 Å². The van der Waals surface area contributed by atoms with Crippen molar-refractivity contribution in [3.05, 3.63) is 69.6 Å². The lowest BCUT2D eigenvalue weighted by molar-refractivity contribution is -0.119. The average Bonchev–Trinajstić information content (AvgIpc) is 3.19. The second-order valence-corrected chi connectivity index (χ2v) is 6.97. The van der Waals surface area contributed by atoms with Crippen LogP contribution in [0.5, 0.6) is 0 Å². The van der Waals surface area contributed by atoms with Gasteiger partial charge in [-0.3, -0.25) is 14.5 Å². The Hall–Kier alpha value is -3.80. The van der Waals surface area contributed by atoms with Gasteiger partial charge in [0, 0.05) is 19.0 Å². The third-order valence-corrected chi connectivity index (χ3v) is 4.42. The summed E-state index contributed by atoms with van der Waals surface area (Å²) in [4.78, 5) is 28.3. The summed E-state index contributed by atoms with van der Waals surface area (Å²) in [5.74, 6) is -0.944. The smallest absolute Gasteiger partial charge is 0.256 e. The first kappa shape index (κ1) is 21.9. The van der Waals surface area contributed by atoms with E-state index in [1.165, 1.54) is 31.3 Å². The molecule has 10 nitrogen and oxygen atoms in total. The fourth-order valence-corrected chi connectivity index (χ4v) is 2.64. The highest BCUT2D eigenvalue weighted by atomic mass is 79.9. The lowest BCUT2D eigenvalue weighted by Gasteiger charge is -2.05. The van der Waals surface area contributed by atoms with Crippen molar-refractivity contribution in [1.29, 1.82) is 0 Å². The van der Waals surface area contributed by atoms with Crippen molar-refractivity contribution >= 4 is 45.5 Å². The van der Waals surface area contributed by atoms with Crippen LogP contribution in [0.15, 0.2) is 56.7 Å². The minimum absolute atomic E-state index is 0.0456. The molecule has 12 heteroatoms. The standard InChI is InChI=1S/C19H16BrFN6O4/c1-11(28)22-9-12-2-4-13(5-3-12)19(29)24-18-17(26-31-27-18)10-23-30-25-14-6-7-16(21)15(20)8-14/h2-8,10,25H,9H2,1H3,(H,22,28)(H,24,27,29)/b23-10+. The summed E-state index contributed by atoms with van der Waals surface area (Å²) in [7, 11) is 0. The Morgan fingerprint density at radius 1 is 1.23 bits per heavy atom. The molecule has 1 heterocycles. The van der Waals surface area contributed by atoms with E-state index in [0.29, 0.717) is 17.8 Å². The third-order valence-electron chi connectivity index (χ3n) is 3.81. The number of hydrogen-bond acceptors (Lipinski definition) is 8. The van der Waals surface area contributed by atoms with Gasteiger partial charge in [-0.15, -0.1) is 0 Å². The molecule has 0 aliphatic heterocycles. The minimum atomic E-state index is -0.438. The number of benzene rings is 2. The average molecular weight is 491 g/mol. The third kappa shape index (κ3) is 6.34.